The van der Waals surface area contributed by atoms with Gasteiger partial charge in [0, 0.05) is 12.2 Å². The van der Waals surface area contributed by atoms with E-state index in [2.05, 4.69) is 0 Å². The third-order valence-electron chi connectivity index (χ3n) is 2.22. The molecule has 0 aliphatic carbocycles. The van der Waals surface area contributed by atoms with Gasteiger partial charge in [-0.3, -0.25) is 0 Å². The van der Waals surface area contributed by atoms with Gasteiger partial charge in [-0.25, -0.2) is 8.78 Å². The fourth-order valence-electron chi connectivity index (χ4n) is 1.35. The van der Waals surface area contributed by atoms with Gasteiger partial charge in [0.25, 0.3) is 0 Å². The minimum Gasteiger partial charge on any atom is -0.366 e. The standard InChI is InChI=1S/C11H13F4N/c1-2-16(8-11(14,15)10(12)13)9-6-4-3-5-7-9/h3-7,10H,2,8H2,1H3. The van der Waals surface area contributed by atoms with Gasteiger partial charge in [0.05, 0.1) is 6.54 Å². The Morgan fingerprint density at radius 1 is 1.19 bits per heavy atom. The smallest absolute Gasteiger partial charge is 0.324 e. The third kappa shape index (κ3) is 3.12. The summed E-state index contributed by atoms with van der Waals surface area (Å²) in [6.07, 6.45) is -3.63. The van der Waals surface area contributed by atoms with Crippen molar-refractivity contribution in [2.24, 2.45) is 0 Å². The number of rotatable bonds is 5. The first-order valence-electron chi connectivity index (χ1n) is 4.93. The molecule has 0 saturated heterocycles. The Labute approximate surface area is 91.7 Å². The van der Waals surface area contributed by atoms with Crippen LogP contribution in [0.5, 0.6) is 0 Å². The van der Waals surface area contributed by atoms with Crippen molar-refractivity contribution < 1.29 is 17.6 Å². The van der Waals surface area contributed by atoms with E-state index < -0.39 is 18.9 Å². The second-order valence-corrected chi connectivity index (χ2v) is 3.41. The second kappa shape index (κ2) is 5.18. The number of para-hydroxylation sites is 1. The van der Waals surface area contributed by atoms with Gasteiger partial charge >= 0.3 is 12.3 Å². The highest BCUT2D eigenvalue weighted by molar-refractivity contribution is 5.46. The van der Waals surface area contributed by atoms with Gasteiger partial charge in [0.15, 0.2) is 0 Å². The summed E-state index contributed by atoms with van der Waals surface area (Å²) >= 11 is 0. The second-order valence-electron chi connectivity index (χ2n) is 3.41. The van der Waals surface area contributed by atoms with Gasteiger partial charge in [-0.1, -0.05) is 18.2 Å². The van der Waals surface area contributed by atoms with Crippen molar-refractivity contribution in [1.29, 1.82) is 0 Å². The van der Waals surface area contributed by atoms with Gasteiger partial charge in [0.2, 0.25) is 0 Å². The number of anilines is 1. The van der Waals surface area contributed by atoms with E-state index in [0.29, 0.717) is 5.69 Å². The first-order chi connectivity index (χ1) is 7.47. The number of hydrogen-bond acceptors (Lipinski definition) is 1. The lowest BCUT2D eigenvalue weighted by Gasteiger charge is -2.27. The molecule has 1 rings (SSSR count). The molecule has 0 radical (unpaired) electrons. The summed E-state index contributed by atoms with van der Waals surface area (Å²) in [4.78, 5) is 1.23. The molecule has 0 saturated carbocycles. The van der Waals surface area contributed by atoms with Gasteiger partial charge < -0.3 is 4.90 Å². The van der Waals surface area contributed by atoms with Gasteiger partial charge in [-0.2, -0.15) is 8.78 Å². The lowest BCUT2D eigenvalue weighted by molar-refractivity contribution is -0.121. The molecule has 16 heavy (non-hydrogen) atoms. The quantitative estimate of drug-likeness (QED) is 0.707. The molecule has 0 aromatic heterocycles. The van der Waals surface area contributed by atoms with Crippen molar-refractivity contribution in [3.8, 4) is 0 Å². The zero-order valence-corrected chi connectivity index (χ0v) is 8.84. The van der Waals surface area contributed by atoms with Crippen LogP contribution in [0.15, 0.2) is 30.3 Å². The van der Waals surface area contributed by atoms with Crippen molar-refractivity contribution in [1.82, 2.24) is 0 Å². The molecule has 0 fully saturated rings. The lowest BCUT2D eigenvalue weighted by atomic mass is 10.2. The first kappa shape index (κ1) is 12.8. The Kier molecular flexibility index (Phi) is 4.15. The van der Waals surface area contributed by atoms with Crippen molar-refractivity contribution >= 4 is 5.69 Å². The van der Waals surface area contributed by atoms with Crippen LogP contribution in [0.3, 0.4) is 0 Å². The summed E-state index contributed by atoms with van der Waals surface area (Å²) in [5, 5.41) is 0. The molecule has 1 aromatic rings. The van der Waals surface area contributed by atoms with Crippen molar-refractivity contribution in [2.45, 2.75) is 19.3 Å². The molecule has 90 valence electrons. The van der Waals surface area contributed by atoms with Crippen LogP contribution in [0, 0.1) is 0 Å². The largest absolute Gasteiger partial charge is 0.366 e. The summed E-state index contributed by atoms with van der Waals surface area (Å²) in [5.41, 5.74) is 0.519. The van der Waals surface area contributed by atoms with E-state index in [1.807, 2.05) is 0 Å². The fourth-order valence-corrected chi connectivity index (χ4v) is 1.35. The maximum absolute atomic E-state index is 12.9. The average molecular weight is 235 g/mol. The van der Waals surface area contributed by atoms with E-state index in [0.717, 1.165) is 0 Å². The molecule has 0 aliphatic heterocycles. The minimum absolute atomic E-state index is 0.256. The topological polar surface area (TPSA) is 3.24 Å². The molecule has 0 atom stereocenters. The highest BCUT2D eigenvalue weighted by Crippen LogP contribution is 2.26. The van der Waals surface area contributed by atoms with Gasteiger partial charge in [0.1, 0.15) is 0 Å². The van der Waals surface area contributed by atoms with E-state index in [1.165, 1.54) is 4.90 Å². The van der Waals surface area contributed by atoms with E-state index in [4.69, 9.17) is 0 Å². The van der Waals surface area contributed by atoms with Crippen LogP contribution in [0.4, 0.5) is 23.2 Å². The SMILES string of the molecule is CCN(CC(F)(F)C(F)F)c1ccccc1. The molecule has 0 N–H and O–H groups in total. The molecule has 0 aliphatic rings. The lowest BCUT2D eigenvalue weighted by Crippen LogP contribution is -2.41. The minimum atomic E-state index is -3.98. The first-order valence-corrected chi connectivity index (χ1v) is 4.93. The highest BCUT2D eigenvalue weighted by atomic mass is 19.3. The maximum atomic E-state index is 12.9. The Morgan fingerprint density at radius 3 is 2.19 bits per heavy atom. The maximum Gasteiger partial charge on any atom is 0.324 e. The molecule has 1 nitrogen and oxygen atoms in total. The van der Waals surface area contributed by atoms with Crippen LogP contribution in [0.25, 0.3) is 0 Å². The molecule has 0 amide bonds. The van der Waals surface area contributed by atoms with E-state index in [-0.39, 0.29) is 6.54 Å². The summed E-state index contributed by atoms with van der Waals surface area (Å²) in [5.74, 6) is -3.98. The van der Waals surface area contributed by atoms with Crippen LogP contribution in [-0.4, -0.2) is 25.4 Å². The summed E-state index contributed by atoms with van der Waals surface area (Å²) in [6.45, 7) is 0.937. The third-order valence-corrected chi connectivity index (χ3v) is 2.22. The summed E-state index contributed by atoms with van der Waals surface area (Å²) < 4.78 is 49.9. The molecule has 0 unspecified atom stereocenters. The molecule has 0 heterocycles. The van der Waals surface area contributed by atoms with Crippen LogP contribution < -0.4 is 4.90 Å². The Hall–Kier alpha value is -1.26. The Bertz CT molecular complexity index is 313. The molecule has 1 aromatic carbocycles. The number of hydrogen-bond donors (Lipinski definition) is 0. The molecular weight excluding hydrogens is 222 g/mol. The van der Waals surface area contributed by atoms with E-state index >= 15 is 0 Å². The fraction of sp³-hybridized carbons (Fsp3) is 0.455. The summed E-state index contributed by atoms with van der Waals surface area (Å²) in [7, 11) is 0. The van der Waals surface area contributed by atoms with E-state index in [9.17, 15) is 17.6 Å². The zero-order chi connectivity index (χ0) is 12.2. The molecule has 0 bridgehead atoms. The Balaban J connectivity index is 2.78. The van der Waals surface area contributed by atoms with Crippen molar-refractivity contribution in [2.75, 3.05) is 18.0 Å². The normalized spacial score (nSPS) is 11.9. The number of nitrogens with zero attached hydrogens (tertiary/aromatic N) is 1. The predicted molar refractivity (Wildman–Crippen MR) is 55.3 cm³/mol. The Morgan fingerprint density at radius 2 is 1.75 bits per heavy atom. The van der Waals surface area contributed by atoms with Crippen molar-refractivity contribution in [3.63, 3.8) is 0 Å². The zero-order valence-electron chi connectivity index (χ0n) is 8.84. The van der Waals surface area contributed by atoms with Crippen molar-refractivity contribution in [3.05, 3.63) is 30.3 Å². The van der Waals surface area contributed by atoms with E-state index in [1.54, 1.807) is 37.3 Å². The predicted octanol–water partition coefficient (Wildman–Crippen LogP) is 3.41. The molecule has 5 heteroatoms. The monoisotopic (exact) mass is 235 g/mol. The van der Waals surface area contributed by atoms with Crippen LogP contribution in [-0.2, 0) is 0 Å². The number of halogens is 4. The molecule has 0 spiro atoms. The van der Waals surface area contributed by atoms with Crippen LogP contribution >= 0.6 is 0 Å². The van der Waals surface area contributed by atoms with Crippen LogP contribution in [0.1, 0.15) is 6.92 Å². The highest BCUT2D eigenvalue weighted by Gasteiger charge is 2.42. The van der Waals surface area contributed by atoms with Gasteiger partial charge in [-0.15, -0.1) is 0 Å². The average Bonchev–Trinajstić information content (AvgIpc) is 2.27. The summed E-state index contributed by atoms with van der Waals surface area (Å²) in [6, 6.07) is 8.33. The van der Waals surface area contributed by atoms with Gasteiger partial charge in [-0.05, 0) is 19.1 Å². The van der Waals surface area contributed by atoms with Crippen LogP contribution in [0.2, 0.25) is 0 Å². The number of alkyl halides is 4. The number of benzene rings is 1. The molecular formula is C11H13F4N.